The van der Waals surface area contributed by atoms with Gasteiger partial charge in [0, 0.05) is 5.41 Å². The van der Waals surface area contributed by atoms with Crippen molar-refractivity contribution in [2.75, 3.05) is 52.9 Å². The molecule has 106 valence electrons. The van der Waals surface area contributed by atoms with Gasteiger partial charge in [0.2, 0.25) is 0 Å². The SMILES string of the molecule is CC(C)(CO)CO.OCCOCCOCCO. The molecule has 0 aromatic rings. The van der Waals surface area contributed by atoms with E-state index in [2.05, 4.69) is 0 Å². The van der Waals surface area contributed by atoms with Crippen molar-refractivity contribution >= 4 is 0 Å². The van der Waals surface area contributed by atoms with Crippen LogP contribution in [-0.2, 0) is 9.47 Å². The minimum absolute atomic E-state index is 0.0417. The Balaban J connectivity index is 0. The van der Waals surface area contributed by atoms with Crippen LogP contribution in [0, 0.1) is 5.41 Å². The maximum absolute atomic E-state index is 8.43. The third-order valence-electron chi connectivity index (χ3n) is 1.70. The van der Waals surface area contributed by atoms with Gasteiger partial charge < -0.3 is 29.9 Å². The van der Waals surface area contributed by atoms with E-state index in [-0.39, 0.29) is 31.8 Å². The summed E-state index contributed by atoms with van der Waals surface area (Å²) in [6, 6.07) is 0. The van der Waals surface area contributed by atoms with Crippen LogP contribution < -0.4 is 0 Å². The fourth-order valence-electron chi connectivity index (χ4n) is 0.501. The Morgan fingerprint density at radius 1 is 0.706 bits per heavy atom. The summed E-state index contributed by atoms with van der Waals surface area (Å²) in [6.07, 6.45) is 0. The number of aliphatic hydroxyl groups excluding tert-OH is 4. The van der Waals surface area contributed by atoms with Gasteiger partial charge in [-0.3, -0.25) is 0 Å². The van der Waals surface area contributed by atoms with Crippen molar-refractivity contribution < 1.29 is 29.9 Å². The summed E-state index contributed by atoms with van der Waals surface area (Å²) in [5.74, 6) is 0. The summed E-state index contributed by atoms with van der Waals surface area (Å²) < 4.78 is 9.75. The molecule has 0 saturated heterocycles. The molecule has 6 heteroatoms. The van der Waals surface area contributed by atoms with E-state index in [9.17, 15) is 0 Å². The predicted octanol–water partition coefficient (Wildman–Crippen LogP) is -0.999. The van der Waals surface area contributed by atoms with E-state index in [1.165, 1.54) is 0 Å². The quantitative estimate of drug-likeness (QED) is 0.394. The molecular weight excluding hydrogens is 228 g/mol. The fourth-order valence-corrected chi connectivity index (χ4v) is 0.501. The van der Waals surface area contributed by atoms with Crippen LogP contribution in [0.2, 0.25) is 0 Å². The van der Waals surface area contributed by atoms with Gasteiger partial charge in [-0.05, 0) is 0 Å². The van der Waals surface area contributed by atoms with Crippen molar-refractivity contribution in [2.45, 2.75) is 13.8 Å². The normalized spacial score (nSPS) is 10.9. The van der Waals surface area contributed by atoms with Crippen molar-refractivity contribution in [1.29, 1.82) is 0 Å². The monoisotopic (exact) mass is 254 g/mol. The lowest BCUT2D eigenvalue weighted by Gasteiger charge is -2.16. The largest absolute Gasteiger partial charge is 0.396 e. The fraction of sp³-hybridized carbons (Fsp3) is 1.00. The summed E-state index contributed by atoms with van der Waals surface area (Å²) in [6.45, 7) is 5.42. The zero-order valence-electron chi connectivity index (χ0n) is 10.8. The Morgan fingerprint density at radius 2 is 1.06 bits per heavy atom. The van der Waals surface area contributed by atoms with Crippen LogP contribution in [0.4, 0.5) is 0 Å². The van der Waals surface area contributed by atoms with Crippen LogP contribution in [0.25, 0.3) is 0 Å². The van der Waals surface area contributed by atoms with Crippen LogP contribution in [-0.4, -0.2) is 73.3 Å². The number of rotatable bonds is 9. The number of hydrogen-bond acceptors (Lipinski definition) is 6. The highest BCUT2D eigenvalue weighted by atomic mass is 16.5. The van der Waals surface area contributed by atoms with Crippen LogP contribution in [0.3, 0.4) is 0 Å². The predicted molar refractivity (Wildman–Crippen MR) is 63.8 cm³/mol. The van der Waals surface area contributed by atoms with Gasteiger partial charge in [0.15, 0.2) is 0 Å². The number of hydrogen-bond donors (Lipinski definition) is 4. The molecule has 0 aliphatic heterocycles. The first kappa shape index (κ1) is 19.1. The van der Waals surface area contributed by atoms with Crippen molar-refractivity contribution in [1.82, 2.24) is 0 Å². The van der Waals surface area contributed by atoms with Gasteiger partial charge in [-0.2, -0.15) is 0 Å². The van der Waals surface area contributed by atoms with E-state index < -0.39 is 0 Å². The lowest BCUT2D eigenvalue weighted by atomic mass is 9.97. The van der Waals surface area contributed by atoms with E-state index in [1.807, 2.05) is 0 Å². The van der Waals surface area contributed by atoms with Gasteiger partial charge in [0.05, 0.1) is 52.9 Å². The molecule has 0 atom stereocenters. The summed E-state index contributed by atoms with van der Waals surface area (Å²) in [7, 11) is 0. The van der Waals surface area contributed by atoms with Crippen LogP contribution in [0.1, 0.15) is 13.8 Å². The highest BCUT2D eigenvalue weighted by Crippen LogP contribution is 2.10. The molecule has 0 heterocycles. The molecule has 0 unspecified atom stereocenters. The molecule has 0 fully saturated rings. The van der Waals surface area contributed by atoms with E-state index in [0.717, 1.165) is 0 Å². The zero-order valence-corrected chi connectivity index (χ0v) is 10.8. The molecule has 0 saturated carbocycles. The summed E-state index contributed by atoms with van der Waals surface area (Å²) in [5, 5.41) is 33.4. The lowest BCUT2D eigenvalue weighted by Crippen LogP contribution is -2.20. The summed E-state index contributed by atoms with van der Waals surface area (Å²) >= 11 is 0. The van der Waals surface area contributed by atoms with Crippen LogP contribution in [0.5, 0.6) is 0 Å². The lowest BCUT2D eigenvalue weighted by molar-refractivity contribution is 0.0222. The second kappa shape index (κ2) is 13.8. The second-order valence-corrected chi connectivity index (χ2v) is 4.15. The Morgan fingerprint density at radius 3 is 1.24 bits per heavy atom. The van der Waals surface area contributed by atoms with Crippen molar-refractivity contribution in [2.24, 2.45) is 5.41 Å². The van der Waals surface area contributed by atoms with E-state index in [1.54, 1.807) is 13.8 Å². The van der Waals surface area contributed by atoms with Crippen LogP contribution in [0.15, 0.2) is 0 Å². The first-order chi connectivity index (χ1) is 8.04. The van der Waals surface area contributed by atoms with Gasteiger partial charge in [-0.15, -0.1) is 0 Å². The molecule has 0 aromatic carbocycles. The highest BCUT2D eigenvalue weighted by Gasteiger charge is 2.13. The zero-order chi connectivity index (χ0) is 13.6. The molecule has 0 aliphatic carbocycles. The first-order valence-electron chi connectivity index (χ1n) is 5.63. The molecule has 0 amide bonds. The van der Waals surface area contributed by atoms with E-state index in [0.29, 0.717) is 26.4 Å². The molecule has 6 nitrogen and oxygen atoms in total. The second-order valence-electron chi connectivity index (χ2n) is 4.15. The third kappa shape index (κ3) is 18.3. The average Bonchev–Trinajstić information content (AvgIpc) is 2.34. The Kier molecular flexibility index (Phi) is 15.5. The molecule has 0 spiro atoms. The van der Waals surface area contributed by atoms with Gasteiger partial charge in [0.25, 0.3) is 0 Å². The van der Waals surface area contributed by atoms with Crippen molar-refractivity contribution in [3.05, 3.63) is 0 Å². The Labute approximate surface area is 103 Å². The first-order valence-corrected chi connectivity index (χ1v) is 5.63. The van der Waals surface area contributed by atoms with Crippen LogP contribution >= 0.6 is 0 Å². The summed E-state index contributed by atoms with van der Waals surface area (Å²) in [5.41, 5.74) is -0.306. The highest BCUT2D eigenvalue weighted by molar-refractivity contribution is 4.62. The summed E-state index contributed by atoms with van der Waals surface area (Å²) in [4.78, 5) is 0. The topological polar surface area (TPSA) is 99.4 Å². The third-order valence-corrected chi connectivity index (χ3v) is 1.70. The average molecular weight is 254 g/mol. The molecule has 0 bridgehead atoms. The maximum atomic E-state index is 8.43. The molecule has 0 aromatic heterocycles. The van der Waals surface area contributed by atoms with Crippen molar-refractivity contribution in [3.8, 4) is 0 Å². The molecular formula is C11H26O6. The van der Waals surface area contributed by atoms with E-state index >= 15 is 0 Å². The number of aliphatic hydroxyl groups is 4. The van der Waals surface area contributed by atoms with E-state index in [4.69, 9.17) is 29.9 Å². The minimum Gasteiger partial charge on any atom is -0.396 e. The van der Waals surface area contributed by atoms with Gasteiger partial charge in [-0.25, -0.2) is 0 Å². The molecule has 4 N–H and O–H groups in total. The number of ether oxygens (including phenoxy) is 2. The van der Waals surface area contributed by atoms with Gasteiger partial charge in [0.1, 0.15) is 0 Å². The molecule has 17 heavy (non-hydrogen) atoms. The van der Waals surface area contributed by atoms with Crippen molar-refractivity contribution in [3.63, 3.8) is 0 Å². The minimum atomic E-state index is -0.306. The Hall–Kier alpha value is -0.240. The molecule has 0 radical (unpaired) electrons. The van der Waals surface area contributed by atoms with Gasteiger partial charge >= 0.3 is 0 Å². The standard InChI is InChI=1S/C6H14O4.C5H12O2/c7-1-3-9-5-6-10-4-2-8;1-5(2,3-6)4-7/h7-8H,1-6H2;6-7H,3-4H2,1-2H3. The Bertz CT molecular complexity index is 126. The van der Waals surface area contributed by atoms with Gasteiger partial charge in [-0.1, -0.05) is 13.8 Å². The molecule has 0 aliphatic rings. The maximum Gasteiger partial charge on any atom is 0.0701 e. The molecule has 0 rings (SSSR count). The smallest absolute Gasteiger partial charge is 0.0701 e.